The first-order valence-electron chi connectivity index (χ1n) is 9.50. The van der Waals surface area contributed by atoms with Gasteiger partial charge in [-0.2, -0.15) is 0 Å². The molecule has 9 nitrogen and oxygen atoms in total. The number of carbonyl (C=O) groups is 4. The third-order valence-electron chi connectivity index (χ3n) is 4.84. The second-order valence-electron chi connectivity index (χ2n) is 6.88. The molecule has 0 aliphatic heterocycles. The molecule has 0 radical (unpaired) electrons. The quantitative estimate of drug-likeness (QED) is 0.313. The van der Waals surface area contributed by atoms with Crippen molar-refractivity contribution >= 4 is 23.7 Å². The van der Waals surface area contributed by atoms with E-state index in [4.69, 9.17) is 18.6 Å². The van der Waals surface area contributed by atoms with Crippen molar-refractivity contribution in [3.05, 3.63) is 76.5 Å². The summed E-state index contributed by atoms with van der Waals surface area (Å²) < 4.78 is 21.2. The van der Waals surface area contributed by atoms with Gasteiger partial charge in [-0.15, -0.1) is 0 Å². The van der Waals surface area contributed by atoms with Crippen molar-refractivity contribution in [2.24, 2.45) is 0 Å². The van der Waals surface area contributed by atoms with Crippen molar-refractivity contribution in [2.75, 3.05) is 20.8 Å². The summed E-state index contributed by atoms with van der Waals surface area (Å²) in [5.41, 5.74) is 2.54. The van der Waals surface area contributed by atoms with E-state index in [1.807, 2.05) is 0 Å². The fourth-order valence-corrected chi connectivity index (χ4v) is 3.33. The molecule has 0 fully saturated rings. The Balaban J connectivity index is 1.94. The highest BCUT2D eigenvalue weighted by Crippen LogP contribution is 2.24. The molecule has 166 valence electrons. The van der Waals surface area contributed by atoms with Gasteiger partial charge in [0.1, 0.15) is 6.26 Å². The molecule has 0 N–H and O–H groups in total. The van der Waals surface area contributed by atoms with Crippen molar-refractivity contribution in [2.45, 2.75) is 13.8 Å². The van der Waals surface area contributed by atoms with E-state index < -0.39 is 30.3 Å². The van der Waals surface area contributed by atoms with Gasteiger partial charge >= 0.3 is 17.9 Å². The summed E-state index contributed by atoms with van der Waals surface area (Å²) >= 11 is 0. The van der Waals surface area contributed by atoms with Gasteiger partial charge in [-0.25, -0.2) is 14.4 Å². The zero-order valence-corrected chi connectivity index (χ0v) is 18.0. The lowest BCUT2D eigenvalue weighted by Gasteiger charge is -2.13. The molecule has 0 saturated heterocycles. The van der Waals surface area contributed by atoms with E-state index in [0.29, 0.717) is 22.6 Å². The molecule has 2 heterocycles. The molecular formula is C23H21NO8. The first-order valence-corrected chi connectivity index (χ1v) is 9.50. The Morgan fingerprint density at radius 2 is 1.50 bits per heavy atom. The lowest BCUT2D eigenvalue weighted by molar-refractivity contribution is 0.0473. The first kappa shape index (κ1) is 22.5. The molecule has 0 unspecified atom stereocenters. The van der Waals surface area contributed by atoms with E-state index >= 15 is 0 Å². The summed E-state index contributed by atoms with van der Waals surface area (Å²) in [6.45, 7) is 3.02. The van der Waals surface area contributed by atoms with Gasteiger partial charge in [0.25, 0.3) is 0 Å². The summed E-state index contributed by atoms with van der Waals surface area (Å²) in [6, 6.07) is 7.55. The average molecular weight is 439 g/mol. The van der Waals surface area contributed by atoms with Gasteiger partial charge in [0.2, 0.25) is 5.78 Å². The molecule has 3 rings (SSSR count). The van der Waals surface area contributed by atoms with Crippen LogP contribution in [0.3, 0.4) is 0 Å². The molecule has 2 aromatic heterocycles. The monoisotopic (exact) mass is 439 g/mol. The van der Waals surface area contributed by atoms with Crippen molar-refractivity contribution in [3.8, 4) is 5.69 Å². The molecule has 0 spiro atoms. The first-order chi connectivity index (χ1) is 15.3. The smallest absolute Gasteiger partial charge is 0.341 e. The molecular weight excluding hydrogens is 418 g/mol. The Morgan fingerprint density at radius 3 is 2.03 bits per heavy atom. The fraction of sp³-hybridized carbons (Fsp3) is 0.217. The van der Waals surface area contributed by atoms with Crippen molar-refractivity contribution < 1.29 is 37.8 Å². The maximum atomic E-state index is 12.7. The summed E-state index contributed by atoms with van der Waals surface area (Å²) in [6.07, 6.45) is 2.56. The van der Waals surface area contributed by atoms with Crippen LogP contribution in [0.2, 0.25) is 0 Å². The largest absolute Gasteiger partial charge is 0.472 e. The van der Waals surface area contributed by atoms with E-state index in [9.17, 15) is 19.2 Å². The zero-order chi connectivity index (χ0) is 23.4. The van der Waals surface area contributed by atoms with Gasteiger partial charge in [-0.3, -0.25) is 4.79 Å². The highest BCUT2D eigenvalue weighted by molar-refractivity contribution is 6.01. The van der Waals surface area contributed by atoms with Crippen LogP contribution in [0.25, 0.3) is 5.69 Å². The molecule has 0 aliphatic rings. The van der Waals surface area contributed by atoms with Crippen LogP contribution in [0.15, 0.2) is 47.3 Å². The van der Waals surface area contributed by atoms with Crippen molar-refractivity contribution in [3.63, 3.8) is 0 Å². The number of aromatic nitrogens is 1. The maximum Gasteiger partial charge on any atom is 0.341 e. The Labute approximate surface area is 183 Å². The van der Waals surface area contributed by atoms with Gasteiger partial charge < -0.3 is 23.2 Å². The van der Waals surface area contributed by atoms with Crippen molar-refractivity contribution in [1.29, 1.82) is 0 Å². The number of ketones is 1. The topological polar surface area (TPSA) is 114 Å². The average Bonchev–Trinajstić information content (AvgIpc) is 3.43. The molecule has 0 amide bonds. The molecule has 3 aromatic rings. The van der Waals surface area contributed by atoms with Gasteiger partial charge in [0.05, 0.1) is 37.2 Å². The molecule has 0 saturated carbocycles. The number of rotatable bonds is 7. The minimum Gasteiger partial charge on any atom is -0.472 e. The number of ether oxygens (including phenoxy) is 3. The fourth-order valence-electron chi connectivity index (χ4n) is 3.33. The number of hydrogen-bond acceptors (Lipinski definition) is 8. The maximum absolute atomic E-state index is 12.7. The Hall–Kier alpha value is -4.14. The van der Waals surface area contributed by atoms with Gasteiger partial charge in [-0.05, 0) is 44.2 Å². The minimum atomic E-state index is -0.672. The number of methoxy groups -OCH3 is 2. The number of esters is 3. The van der Waals surface area contributed by atoms with E-state index in [-0.39, 0.29) is 16.7 Å². The standard InChI is InChI=1S/C23H21NO8/c1-13-7-19(20(25)12-32-23(28)15-5-6-31-11-15)14(2)24(13)18-9-16(21(26)29-3)8-17(10-18)22(27)30-4/h5-11H,12H2,1-4H3. The predicted molar refractivity (Wildman–Crippen MR) is 111 cm³/mol. The second-order valence-corrected chi connectivity index (χ2v) is 6.88. The van der Waals surface area contributed by atoms with Gasteiger partial charge in [0.15, 0.2) is 6.61 Å². The van der Waals surface area contributed by atoms with Gasteiger partial charge in [0, 0.05) is 22.6 Å². The third kappa shape index (κ3) is 4.46. The molecule has 9 heteroatoms. The number of furan rings is 1. The highest BCUT2D eigenvalue weighted by Gasteiger charge is 2.21. The van der Waals surface area contributed by atoms with Crippen LogP contribution in [0.5, 0.6) is 0 Å². The highest BCUT2D eigenvalue weighted by atomic mass is 16.5. The predicted octanol–water partition coefficient (Wildman–Crippen LogP) is 3.30. The number of aryl methyl sites for hydroxylation is 1. The van der Waals surface area contributed by atoms with E-state index in [0.717, 1.165) is 0 Å². The number of nitrogens with zero attached hydrogens (tertiary/aromatic N) is 1. The van der Waals surface area contributed by atoms with Crippen LogP contribution >= 0.6 is 0 Å². The second kappa shape index (κ2) is 9.34. The molecule has 0 bridgehead atoms. The SMILES string of the molecule is COC(=O)c1cc(C(=O)OC)cc(-n2c(C)cc(C(=O)COC(=O)c3ccoc3)c2C)c1. The number of benzene rings is 1. The normalized spacial score (nSPS) is 10.5. The molecule has 0 atom stereocenters. The van der Waals surface area contributed by atoms with E-state index in [1.54, 1.807) is 36.6 Å². The van der Waals surface area contributed by atoms with Crippen LogP contribution in [0, 0.1) is 13.8 Å². The Kier molecular flexibility index (Phi) is 6.58. The van der Waals surface area contributed by atoms with Crippen LogP contribution in [-0.2, 0) is 14.2 Å². The summed E-state index contributed by atoms with van der Waals surface area (Å²) in [4.78, 5) is 48.9. The minimum absolute atomic E-state index is 0.153. The number of carbonyl (C=O) groups excluding carboxylic acids is 4. The number of Topliss-reactive ketones (excluding diaryl/α,β-unsaturated/α-hetero) is 1. The molecule has 0 aliphatic carbocycles. The molecule has 32 heavy (non-hydrogen) atoms. The summed E-state index contributed by atoms with van der Waals surface area (Å²) in [5.74, 6) is -2.32. The van der Waals surface area contributed by atoms with Crippen LogP contribution in [-0.4, -0.2) is 49.1 Å². The van der Waals surface area contributed by atoms with Gasteiger partial charge in [-0.1, -0.05) is 0 Å². The summed E-state index contributed by atoms with van der Waals surface area (Å²) in [5, 5.41) is 0. The molecule has 1 aromatic carbocycles. The van der Waals surface area contributed by atoms with Crippen LogP contribution in [0.4, 0.5) is 0 Å². The third-order valence-corrected chi connectivity index (χ3v) is 4.84. The Bertz CT molecular complexity index is 1150. The van der Waals surface area contributed by atoms with Crippen LogP contribution < -0.4 is 0 Å². The lowest BCUT2D eigenvalue weighted by Crippen LogP contribution is -2.15. The van der Waals surface area contributed by atoms with E-state index in [1.165, 1.54) is 38.9 Å². The zero-order valence-electron chi connectivity index (χ0n) is 18.0. The number of hydrogen-bond donors (Lipinski definition) is 0. The van der Waals surface area contributed by atoms with Crippen LogP contribution in [0.1, 0.15) is 52.8 Å². The van der Waals surface area contributed by atoms with Crippen molar-refractivity contribution in [1.82, 2.24) is 4.57 Å². The Morgan fingerprint density at radius 1 is 0.875 bits per heavy atom. The van der Waals surface area contributed by atoms with E-state index in [2.05, 4.69) is 0 Å². The lowest BCUT2D eigenvalue weighted by atomic mass is 10.1. The summed E-state index contributed by atoms with van der Waals surface area (Å²) in [7, 11) is 2.47.